The van der Waals surface area contributed by atoms with Crippen LogP contribution in [0.3, 0.4) is 0 Å². The average Bonchev–Trinajstić information content (AvgIpc) is 3.53. The molecule has 0 radical (unpaired) electrons. The number of H-pyrrole nitrogens is 1. The molecule has 2 saturated heterocycles. The Morgan fingerprint density at radius 2 is 2.11 bits per heavy atom. The van der Waals surface area contributed by atoms with Crippen molar-refractivity contribution in [3.63, 3.8) is 0 Å². The maximum absolute atomic E-state index is 12.8. The zero-order valence-corrected chi connectivity index (χ0v) is 22.2. The molecule has 204 valence electrons. The first-order valence-corrected chi connectivity index (χ1v) is 14.5. The number of nitrogens with one attached hydrogen (secondary N) is 3. The third kappa shape index (κ3) is 4.47. The second-order valence-corrected chi connectivity index (χ2v) is 12.7. The lowest BCUT2D eigenvalue weighted by molar-refractivity contribution is -0.163. The quantitative estimate of drug-likeness (QED) is 0.225. The number of carbonyl (C=O) groups excluding carboxylic acids is 2. The minimum Gasteiger partial charge on any atom is -0.477 e. The first-order chi connectivity index (χ1) is 17.9. The molecule has 5 rings (SSSR count). The first kappa shape index (κ1) is 26.6. The van der Waals surface area contributed by atoms with Gasteiger partial charge in [-0.3, -0.25) is 14.7 Å². The smallest absolute Gasteiger partial charge is 0.353 e. The number of primary sulfonamides is 1. The number of aliphatic carboxylic acids is 1. The van der Waals surface area contributed by atoms with Crippen molar-refractivity contribution in [3.8, 4) is 0 Å². The zero-order valence-electron chi connectivity index (χ0n) is 20.5. The monoisotopic (exact) mass is 564 g/mol. The molecule has 1 aromatic heterocycles. The van der Waals surface area contributed by atoms with Gasteiger partial charge in [0.1, 0.15) is 5.70 Å². The Balaban J connectivity index is 1.21. The molecule has 2 fully saturated rings. The molecule has 0 spiro atoms. The van der Waals surface area contributed by atoms with Gasteiger partial charge < -0.3 is 25.7 Å². The summed E-state index contributed by atoms with van der Waals surface area (Å²) >= 11 is 1.37. The van der Waals surface area contributed by atoms with Crippen LogP contribution in [0.25, 0.3) is 10.9 Å². The van der Waals surface area contributed by atoms with Crippen LogP contribution in [-0.2, 0) is 31.0 Å². The van der Waals surface area contributed by atoms with Crippen LogP contribution in [0.4, 0.5) is 0 Å². The highest BCUT2D eigenvalue weighted by Crippen LogP contribution is 2.51. The summed E-state index contributed by atoms with van der Waals surface area (Å²) in [6.45, 7) is 4.09. The van der Waals surface area contributed by atoms with Gasteiger partial charge in [0.15, 0.2) is 5.03 Å². The summed E-state index contributed by atoms with van der Waals surface area (Å²) in [5.74, 6) is -2.63. The highest BCUT2D eigenvalue weighted by Gasteiger charge is 2.60. The number of carboxylic acids is 1. The van der Waals surface area contributed by atoms with Crippen LogP contribution < -0.4 is 15.8 Å². The fourth-order valence-corrected chi connectivity index (χ4v) is 7.65. The van der Waals surface area contributed by atoms with E-state index in [-0.39, 0.29) is 46.3 Å². The van der Waals surface area contributed by atoms with Gasteiger partial charge in [-0.15, -0.1) is 11.8 Å². The molecule has 0 unspecified atom stereocenters. The lowest BCUT2D eigenvalue weighted by atomic mass is 9.79. The largest absolute Gasteiger partial charge is 0.477 e. The van der Waals surface area contributed by atoms with Crippen LogP contribution in [0.1, 0.15) is 25.8 Å². The molecule has 0 aliphatic carbocycles. The molecule has 2 aromatic rings. The average molecular weight is 565 g/mol. The predicted molar refractivity (Wildman–Crippen MR) is 137 cm³/mol. The Bertz CT molecular complexity index is 1470. The van der Waals surface area contributed by atoms with Gasteiger partial charge in [-0.05, 0) is 31.0 Å². The summed E-state index contributed by atoms with van der Waals surface area (Å²) in [5.41, 5.74) is 1.10. The van der Waals surface area contributed by atoms with Crippen molar-refractivity contribution in [2.24, 2.45) is 17.0 Å². The molecule has 1 aromatic carbocycles. The van der Waals surface area contributed by atoms with E-state index in [0.29, 0.717) is 28.8 Å². The highest BCUT2D eigenvalue weighted by atomic mass is 32.2. The van der Waals surface area contributed by atoms with E-state index in [0.717, 1.165) is 5.56 Å². The number of benzene rings is 1. The molecule has 0 bridgehead atoms. The summed E-state index contributed by atoms with van der Waals surface area (Å²) < 4.78 is 23.3. The third-order valence-electron chi connectivity index (χ3n) is 7.35. The van der Waals surface area contributed by atoms with Crippen molar-refractivity contribution in [3.05, 3.63) is 34.4 Å². The maximum atomic E-state index is 12.8. The van der Waals surface area contributed by atoms with E-state index >= 15 is 0 Å². The van der Waals surface area contributed by atoms with Crippen LogP contribution in [0, 0.1) is 11.8 Å². The van der Waals surface area contributed by atoms with E-state index in [1.807, 2.05) is 6.92 Å². The summed E-state index contributed by atoms with van der Waals surface area (Å²) in [7, 11) is -3.94. The van der Waals surface area contributed by atoms with E-state index in [4.69, 9.17) is 5.14 Å². The van der Waals surface area contributed by atoms with Gasteiger partial charge in [0, 0.05) is 34.5 Å². The van der Waals surface area contributed by atoms with Crippen molar-refractivity contribution < 1.29 is 33.0 Å². The van der Waals surface area contributed by atoms with E-state index < -0.39 is 34.1 Å². The number of aromatic nitrogens is 2. The Kier molecular flexibility index (Phi) is 6.76. The molecule has 6 atom stereocenters. The number of carbonyl (C=O) groups is 3. The van der Waals surface area contributed by atoms with E-state index in [9.17, 15) is 33.0 Å². The number of aliphatic hydroxyl groups excluding tert-OH is 1. The van der Waals surface area contributed by atoms with Gasteiger partial charge in [-0.25, -0.2) is 18.4 Å². The van der Waals surface area contributed by atoms with Gasteiger partial charge in [0.25, 0.3) is 10.0 Å². The topological polar surface area (TPSA) is 208 Å². The van der Waals surface area contributed by atoms with Gasteiger partial charge in [-0.2, -0.15) is 5.10 Å². The number of carboxylic acid groups (broad SMARTS) is 1. The maximum Gasteiger partial charge on any atom is 0.353 e. The molecule has 38 heavy (non-hydrogen) atoms. The van der Waals surface area contributed by atoms with Crippen molar-refractivity contribution in [1.29, 1.82) is 0 Å². The first-order valence-electron chi connectivity index (χ1n) is 12.0. The number of aromatic amines is 1. The molecule has 3 aliphatic heterocycles. The van der Waals surface area contributed by atoms with Crippen LogP contribution in [0.2, 0.25) is 0 Å². The van der Waals surface area contributed by atoms with Crippen molar-refractivity contribution in [2.75, 3.05) is 6.54 Å². The number of sulfonamides is 1. The molecule has 2 amide bonds. The van der Waals surface area contributed by atoms with Crippen LogP contribution in [0.15, 0.2) is 33.8 Å². The number of aliphatic hydroxyl groups is 1. The Hall–Kier alpha value is -2.98. The lowest BCUT2D eigenvalue weighted by Gasteiger charge is -2.46. The minimum atomic E-state index is -3.94. The third-order valence-corrected chi connectivity index (χ3v) is 9.74. The van der Waals surface area contributed by atoms with Crippen molar-refractivity contribution in [2.45, 2.75) is 55.3 Å². The van der Waals surface area contributed by atoms with Crippen molar-refractivity contribution in [1.82, 2.24) is 25.7 Å². The number of hydrogen-bond acceptors (Lipinski definition) is 9. The standard InChI is InChI=1S/C23H28N6O7S2/c1-9-17-16(10(2)30)22(32)29(17)18(23(33)34)19(9)37-12-6-15(25-8-12)20(31)26-7-11-3-4-13-14(5-11)27-28-21(13)38(24,35)36/h3-5,9-10,12,15-17,25,30H,6-8H2,1-2H3,(H,26,31)(H,27,28)(H,33,34)(H2,24,35,36)/t9-,10-,12+,15+,16-,17-/m1/s1. The zero-order chi connectivity index (χ0) is 27.5. The molecule has 7 N–H and O–H groups in total. The number of amides is 2. The van der Waals surface area contributed by atoms with Crippen LogP contribution in [0.5, 0.6) is 0 Å². The molecule has 13 nitrogen and oxygen atoms in total. The van der Waals surface area contributed by atoms with Crippen LogP contribution >= 0.6 is 11.8 Å². The molecule has 0 saturated carbocycles. The number of rotatable bonds is 8. The normalized spacial score (nSPS) is 27.9. The summed E-state index contributed by atoms with van der Waals surface area (Å²) in [6, 6.07) is 4.06. The SMILES string of the molecule is C[C@@H](O)[C@H]1C(=O)N2C(C(=O)O)=C(S[C@@H]3CN[C@H](C(=O)NCc4ccc5c(S(N)(=O)=O)[nH]nc5c4)C3)[C@H](C)[C@H]12. The van der Waals surface area contributed by atoms with Gasteiger partial charge >= 0.3 is 5.97 Å². The number of thioether (sulfide) groups is 1. The predicted octanol–water partition coefficient (Wildman–Crippen LogP) is -0.556. The Labute approximate surface area is 222 Å². The number of hydrogen-bond donors (Lipinski definition) is 6. The second-order valence-electron chi connectivity index (χ2n) is 9.88. The van der Waals surface area contributed by atoms with E-state index in [1.165, 1.54) is 23.6 Å². The summed E-state index contributed by atoms with van der Waals surface area (Å²) in [5, 5.41) is 37.6. The number of β-lactam (4-membered cyclic amide) rings is 1. The number of fused-ring (bicyclic) bond motifs is 2. The number of nitrogens with two attached hydrogens (primary N) is 1. The number of nitrogens with zero attached hydrogens (tertiary/aromatic N) is 2. The lowest BCUT2D eigenvalue weighted by Crippen LogP contribution is -2.63. The molecule has 15 heteroatoms. The van der Waals surface area contributed by atoms with Gasteiger partial charge in [0.05, 0.1) is 29.6 Å². The van der Waals surface area contributed by atoms with Crippen LogP contribution in [-0.4, -0.2) is 81.5 Å². The molecular formula is C23H28N6O7S2. The van der Waals surface area contributed by atoms with E-state index in [2.05, 4.69) is 20.8 Å². The van der Waals surface area contributed by atoms with Gasteiger partial charge in [-0.1, -0.05) is 13.0 Å². The molecular weight excluding hydrogens is 536 g/mol. The van der Waals surface area contributed by atoms with E-state index in [1.54, 1.807) is 18.2 Å². The second kappa shape index (κ2) is 9.64. The highest BCUT2D eigenvalue weighted by molar-refractivity contribution is 8.03. The fraction of sp³-hybridized carbons (Fsp3) is 0.478. The molecule has 3 aliphatic rings. The fourth-order valence-electron chi connectivity index (χ4n) is 5.52. The van der Waals surface area contributed by atoms with Crippen molar-refractivity contribution >= 4 is 50.5 Å². The minimum absolute atomic E-state index is 0.0262. The Morgan fingerprint density at radius 1 is 1.37 bits per heavy atom. The molecule has 4 heterocycles. The summed E-state index contributed by atoms with van der Waals surface area (Å²) in [4.78, 5) is 39.3. The Morgan fingerprint density at radius 3 is 2.76 bits per heavy atom. The van der Waals surface area contributed by atoms with Gasteiger partial charge in [0.2, 0.25) is 11.8 Å². The summed E-state index contributed by atoms with van der Waals surface area (Å²) in [6.07, 6.45) is -0.398.